The zero-order chi connectivity index (χ0) is 25.4. The SMILES string of the molecule is CCOC(=O)COc1ccc(/C=C2\SC(=O)N(CCOc3cc(C)ccc3C)C2=O)cc1OCC. The number of amides is 2. The summed E-state index contributed by atoms with van der Waals surface area (Å²) in [6.07, 6.45) is 1.63. The molecule has 1 aliphatic heterocycles. The molecule has 1 aliphatic rings. The largest absolute Gasteiger partial charge is 0.491 e. The first-order chi connectivity index (χ1) is 16.8. The van der Waals surface area contributed by atoms with Crippen LogP contribution in [0.4, 0.5) is 4.79 Å². The molecule has 0 radical (unpaired) electrons. The zero-order valence-electron chi connectivity index (χ0n) is 20.3. The molecular formula is C26H29NO7S. The first-order valence-electron chi connectivity index (χ1n) is 11.3. The van der Waals surface area contributed by atoms with E-state index in [9.17, 15) is 14.4 Å². The summed E-state index contributed by atoms with van der Waals surface area (Å²) in [5.41, 5.74) is 2.72. The summed E-state index contributed by atoms with van der Waals surface area (Å²) < 4.78 is 21.8. The van der Waals surface area contributed by atoms with Gasteiger partial charge in [-0.25, -0.2) is 4.79 Å². The number of ether oxygens (including phenoxy) is 4. The van der Waals surface area contributed by atoms with Crippen molar-refractivity contribution in [2.45, 2.75) is 27.7 Å². The average molecular weight is 500 g/mol. The molecule has 1 fully saturated rings. The van der Waals surface area contributed by atoms with Crippen molar-refractivity contribution in [3.8, 4) is 17.2 Å². The van der Waals surface area contributed by atoms with Crippen LogP contribution < -0.4 is 14.2 Å². The fourth-order valence-electron chi connectivity index (χ4n) is 3.30. The number of esters is 1. The number of hydrogen-bond donors (Lipinski definition) is 0. The van der Waals surface area contributed by atoms with E-state index in [1.807, 2.05) is 39.0 Å². The van der Waals surface area contributed by atoms with Crippen LogP contribution in [0.25, 0.3) is 6.08 Å². The van der Waals surface area contributed by atoms with Crippen LogP contribution in [0, 0.1) is 13.8 Å². The Bertz CT molecular complexity index is 1130. The van der Waals surface area contributed by atoms with Crippen LogP contribution in [-0.2, 0) is 14.3 Å². The third kappa shape index (κ3) is 7.02. The summed E-state index contributed by atoms with van der Waals surface area (Å²) in [7, 11) is 0. The predicted molar refractivity (Wildman–Crippen MR) is 134 cm³/mol. The average Bonchev–Trinajstić information content (AvgIpc) is 3.08. The van der Waals surface area contributed by atoms with Crippen molar-refractivity contribution in [3.63, 3.8) is 0 Å². The lowest BCUT2D eigenvalue weighted by molar-refractivity contribution is -0.145. The summed E-state index contributed by atoms with van der Waals surface area (Å²) in [5.74, 6) is 0.695. The highest BCUT2D eigenvalue weighted by Gasteiger charge is 2.34. The summed E-state index contributed by atoms with van der Waals surface area (Å²) in [6.45, 7) is 8.24. The molecule has 0 N–H and O–H groups in total. The predicted octanol–water partition coefficient (Wildman–Crippen LogP) is 4.76. The van der Waals surface area contributed by atoms with E-state index in [-0.39, 0.29) is 37.5 Å². The molecule has 1 saturated heterocycles. The molecule has 1 heterocycles. The molecule has 2 amide bonds. The first kappa shape index (κ1) is 26.2. The smallest absolute Gasteiger partial charge is 0.344 e. The number of hydrogen-bond acceptors (Lipinski definition) is 8. The van der Waals surface area contributed by atoms with Crippen LogP contribution in [-0.4, -0.2) is 55.0 Å². The van der Waals surface area contributed by atoms with E-state index in [1.165, 1.54) is 4.90 Å². The van der Waals surface area contributed by atoms with Crippen molar-refractivity contribution in [1.29, 1.82) is 0 Å². The minimum absolute atomic E-state index is 0.153. The molecule has 0 saturated carbocycles. The molecule has 8 nitrogen and oxygen atoms in total. The topological polar surface area (TPSA) is 91.4 Å². The first-order valence-corrected chi connectivity index (χ1v) is 12.1. The molecule has 2 aromatic rings. The number of imide groups is 1. The summed E-state index contributed by atoms with van der Waals surface area (Å²) >= 11 is 0.881. The van der Waals surface area contributed by atoms with Crippen molar-refractivity contribution in [2.75, 3.05) is 33.0 Å². The Labute approximate surface area is 209 Å². The second-order valence-electron chi connectivity index (χ2n) is 7.68. The Morgan fingerprint density at radius 2 is 1.74 bits per heavy atom. The van der Waals surface area contributed by atoms with Crippen molar-refractivity contribution in [2.24, 2.45) is 0 Å². The van der Waals surface area contributed by atoms with E-state index in [4.69, 9.17) is 18.9 Å². The number of carbonyl (C=O) groups excluding carboxylic acids is 3. The third-order valence-corrected chi connectivity index (χ3v) is 5.91. The molecule has 0 aliphatic carbocycles. The molecule has 0 atom stereocenters. The molecular weight excluding hydrogens is 470 g/mol. The monoisotopic (exact) mass is 499 g/mol. The highest BCUT2D eigenvalue weighted by atomic mass is 32.2. The minimum Gasteiger partial charge on any atom is -0.491 e. The van der Waals surface area contributed by atoms with Gasteiger partial charge in [-0.15, -0.1) is 0 Å². The minimum atomic E-state index is -0.478. The molecule has 0 unspecified atom stereocenters. The second-order valence-corrected chi connectivity index (χ2v) is 8.68. The highest BCUT2D eigenvalue weighted by molar-refractivity contribution is 8.18. The van der Waals surface area contributed by atoms with E-state index in [0.717, 1.165) is 28.6 Å². The van der Waals surface area contributed by atoms with Crippen LogP contribution in [0.15, 0.2) is 41.3 Å². The van der Waals surface area contributed by atoms with Gasteiger partial charge < -0.3 is 18.9 Å². The molecule has 35 heavy (non-hydrogen) atoms. The zero-order valence-corrected chi connectivity index (χ0v) is 21.1. The van der Waals surface area contributed by atoms with Crippen molar-refractivity contribution in [3.05, 3.63) is 58.0 Å². The number of rotatable bonds is 11. The molecule has 186 valence electrons. The maximum Gasteiger partial charge on any atom is 0.344 e. The molecule has 0 spiro atoms. The standard InChI is InChI=1S/C26H29NO7S/c1-5-31-22-14-19(9-10-20(22)34-16-24(28)32-6-2)15-23-25(29)27(26(30)35-23)11-12-33-21-13-17(3)7-8-18(21)4/h7-10,13-15H,5-6,11-12,16H2,1-4H3/b23-15-. The fraction of sp³-hybridized carbons (Fsp3) is 0.346. The second kappa shape index (κ2) is 12.3. The van der Waals surface area contributed by atoms with Gasteiger partial charge in [0, 0.05) is 0 Å². The quantitative estimate of drug-likeness (QED) is 0.323. The van der Waals surface area contributed by atoms with E-state index >= 15 is 0 Å². The summed E-state index contributed by atoms with van der Waals surface area (Å²) in [5, 5.41) is -0.342. The van der Waals surface area contributed by atoms with E-state index in [0.29, 0.717) is 28.6 Å². The van der Waals surface area contributed by atoms with Gasteiger partial charge in [0.1, 0.15) is 12.4 Å². The lowest BCUT2D eigenvalue weighted by Gasteiger charge is -2.14. The lowest BCUT2D eigenvalue weighted by Crippen LogP contribution is -2.32. The fourth-order valence-corrected chi connectivity index (χ4v) is 4.16. The van der Waals surface area contributed by atoms with Gasteiger partial charge in [0.25, 0.3) is 11.1 Å². The van der Waals surface area contributed by atoms with Gasteiger partial charge in [-0.05, 0) is 80.4 Å². The van der Waals surface area contributed by atoms with Crippen LogP contribution >= 0.6 is 11.8 Å². The van der Waals surface area contributed by atoms with Crippen molar-refractivity contribution >= 4 is 35.0 Å². The number of thioether (sulfide) groups is 1. The van der Waals surface area contributed by atoms with Gasteiger partial charge in [-0.3, -0.25) is 14.5 Å². The number of benzene rings is 2. The molecule has 3 rings (SSSR count). The maximum atomic E-state index is 12.9. The van der Waals surface area contributed by atoms with Gasteiger partial charge >= 0.3 is 5.97 Å². The Balaban J connectivity index is 1.66. The third-order valence-electron chi connectivity index (χ3n) is 5.01. The number of carbonyl (C=O) groups is 3. The number of aryl methyl sites for hydroxylation is 2. The Hall–Kier alpha value is -3.46. The molecule has 0 bridgehead atoms. The molecule has 9 heteroatoms. The van der Waals surface area contributed by atoms with Gasteiger partial charge in [-0.2, -0.15) is 0 Å². The van der Waals surface area contributed by atoms with E-state index < -0.39 is 5.97 Å². The van der Waals surface area contributed by atoms with Crippen LogP contribution in [0.3, 0.4) is 0 Å². The molecule has 2 aromatic carbocycles. The lowest BCUT2D eigenvalue weighted by atomic mass is 10.1. The Kier molecular flexibility index (Phi) is 9.19. The van der Waals surface area contributed by atoms with Gasteiger partial charge in [0.2, 0.25) is 0 Å². The maximum absolute atomic E-state index is 12.9. The van der Waals surface area contributed by atoms with Crippen molar-refractivity contribution in [1.82, 2.24) is 4.90 Å². The van der Waals surface area contributed by atoms with E-state index in [2.05, 4.69) is 0 Å². The van der Waals surface area contributed by atoms with Crippen LogP contribution in [0.2, 0.25) is 0 Å². The molecule has 0 aromatic heterocycles. The van der Waals surface area contributed by atoms with Gasteiger partial charge in [-0.1, -0.05) is 18.2 Å². The van der Waals surface area contributed by atoms with Crippen LogP contribution in [0.1, 0.15) is 30.5 Å². The Morgan fingerprint density at radius 1 is 0.943 bits per heavy atom. The van der Waals surface area contributed by atoms with Crippen LogP contribution in [0.5, 0.6) is 17.2 Å². The summed E-state index contributed by atoms with van der Waals surface area (Å²) in [6, 6.07) is 11.0. The van der Waals surface area contributed by atoms with Crippen molar-refractivity contribution < 1.29 is 33.3 Å². The highest BCUT2D eigenvalue weighted by Crippen LogP contribution is 2.34. The van der Waals surface area contributed by atoms with E-state index in [1.54, 1.807) is 31.2 Å². The van der Waals surface area contributed by atoms with Gasteiger partial charge in [0.05, 0.1) is 24.7 Å². The Morgan fingerprint density at radius 3 is 2.49 bits per heavy atom. The van der Waals surface area contributed by atoms with Gasteiger partial charge in [0.15, 0.2) is 18.1 Å². The number of nitrogens with zero attached hydrogens (tertiary/aromatic N) is 1. The summed E-state index contributed by atoms with van der Waals surface area (Å²) in [4.78, 5) is 38.4. The normalized spacial score (nSPS) is 14.4.